The third-order valence-electron chi connectivity index (χ3n) is 3.14. The predicted molar refractivity (Wildman–Crippen MR) is 96.9 cm³/mol. The summed E-state index contributed by atoms with van der Waals surface area (Å²) in [5, 5.41) is 2.16. The van der Waals surface area contributed by atoms with Crippen LogP contribution in [0.4, 0.5) is 0 Å². The van der Waals surface area contributed by atoms with Gasteiger partial charge in [0.15, 0.2) is 0 Å². The van der Waals surface area contributed by atoms with E-state index >= 15 is 0 Å². The Bertz CT molecular complexity index is 421. The topological polar surface area (TPSA) is 3.24 Å². The zero-order chi connectivity index (χ0) is 15.3. The maximum absolute atomic E-state index is 4.19. The van der Waals surface area contributed by atoms with Crippen molar-refractivity contribution >= 4 is 23.5 Å². The number of thioether (sulfide) groups is 2. The lowest BCUT2D eigenvalue weighted by molar-refractivity contribution is 0.412. The Labute approximate surface area is 133 Å². The van der Waals surface area contributed by atoms with Crippen molar-refractivity contribution < 1.29 is 0 Å². The van der Waals surface area contributed by atoms with Crippen LogP contribution in [0.2, 0.25) is 0 Å². The van der Waals surface area contributed by atoms with Gasteiger partial charge in [-0.3, -0.25) is 0 Å². The third kappa shape index (κ3) is 5.84. The first-order valence-corrected chi connectivity index (χ1v) is 8.96. The van der Waals surface area contributed by atoms with E-state index in [1.54, 1.807) is 11.8 Å². The van der Waals surface area contributed by atoms with Gasteiger partial charge in [0.1, 0.15) is 0 Å². The number of nitrogens with zero attached hydrogens (tertiary/aromatic N) is 1. The Kier molecular flexibility index (Phi) is 6.53. The summed E-state index contributed by atoms with van der Waals surface area (Å²) < 4.78 is 0. The zero-order valence-corrected chi connectivity index (χ0v) is 14.9. The third-order valence-corrected chi connectivity index (χ3v) is 5.09. The largest absolute Gasteiger partial charge is 0.361 e. The fraction of sp³-hybridized carbons (Fsp3) is 0.529. The highest BCUT2D eigenvalue weighted by Gasteiger charge is 2.16. The van der Waals surface area contributed by atoms with Crippen LogP contribution < -0.4 is 0 Å². The van der Waals surface area contributed by atoms with Gasteiger partial charge < -0.3 is 4.90 Å². The van der Waals surface area contributed by atoms with Crippen molar-refractivity contribution in [2.75, 3.05) is 18.2 Å². The summed E-state index contributed by atoms with van der Waals surface area (Å²) in [4.78, 5) is 3.34. The number of hydrogen-bond acceptors (Lipinski definition) is 3. The van der Waals surface area contributed by atoms with Gasteiger partial charge in [0.25, 0.3) is 0 Å². The Hall–Kier alpha value is -0.540. The van der Waals surface area contributed by atoms with Crippen LogP contribution in [0.5, 0.6) is 0 Å². The molecule has 1 rings (SSSR count). The van der Waals surface area contributed by atoms with Gasteiger partial charge in [-0.15, -0.1) is 11.8 Å². The molecule has 0 aromatic heterocycles. The Morgan fingerprint density at radius 1 is 1.30 bits per heavy atom. The number of rotatable bonds is 6. The monoisotopic (exact) mass is 309 g/mol. The zero-order valence-electron chi connectivity index (χ0n) is 13.3. The van der Waals surface area contributed by atoms with Gasteiger partial charge in [0, 0.05) is 22.9 Å². The second-order valence-electron chi connectivity index (χ2n) is 6.43. The lowest BCUT2D eigenvalue weighted by atomic mass is 9.86. The lowest BCUT2D eigenvalue weighted by Gasteiger charge is -2.21. The molecule has 0 bridgehead atoms. The molecule has 1 aliphatic heterocycles. The van der Waals surface area contributed by atoms with Gasteiger partial charge in [-0.2, -0.15) is 0 Å². The van der Waals surface area contributed by atoms with E-state index in [1.165, 1.54) is 16.9 Å². The van der Waals surface area contributed by atoms with Crippen LogP contribution >= 0.6 is 23.5 Å². The molecule has 0 atom stereocenters. The highest BCUT2D eigenvalue weighted by molar-refractivity contribution is 8.06. The molecule has 1 fully saturated rings. The van der Waals surface area contributed by atoms with Crippen molar-refractivity contribution in [2.24, 2.45) is 5.41 Å². The minimum atomic E-state index is 0.282. The van der Waals surface area contributed by atoms with Crippen molar-refractivity contribution in [3.05, 3.63) is 46.9 Å². The molecule has 1 nitrogen and oxygen atoms in total. The predicted octanol–water partition coefficient (Wildman–Crippen LogP) is 5.65. The number of allylic oxidation sites excluding steroid dienone is 2. The minimum absolute atomic E-state index is 0.282. The van der Waals surface area contributed by atoms with Gasteiger partial charge in [-0.1, -0.05) is 57.8 Å². The van der Waals surface area contributed by atoms with Crippen molar-refractivity contribution in [3.8, 4) is 0 Å². The summed E-state index contributed by atoms with van der Waals surface area (Å²) in [6.07, 6.45) is 1.02. The molecule has 0 saturated carbocycles. The number of hydrogen-bond donors (Lipinski definition) is 0. The lowest BCUT2D eigenvalue weighted by Crippen LogP contribution is -2.18. The summed E-state index contributed by atoms with van der Waals surface area (Å²) >= 11 is 3.61. The maximum atomic E-state index is 4.19. The highest BCUT2D eigenvalue weighted by Crippen LogP contribution is 2.32. The molecule has 3 heteroatoms. The molecule has 0 amide bonds. The van der Waals surface area contributed by atoms with Crippen LogP contribution in [-0.2, 0) is 0 Å². The van der Waals surface area contributed by atoms with Crippen LogP contribution in [-0.4, -0.2) is 23.1 Å². The van der Waals surface area contributed by atoms with Crippen LogP contribution in [0, 0.1) is 5.41 Å². The highest BCUT2D eigenvalue weighted by atomic mass is 32.2. The van der Waals surface area contributed by atoms with E-state index in [2.05, 4.69) is 57.7 Å². The summed E-state index contributed by atoms with van der Waals surface area (Å²) in [5.74, 6) is 2.23. The summed E-state index contributed by atoms with van der Waals surface area (Å²) in [7, 11) is 0. The van der Waals surface area contributed by atoms with Crippen LogP contribution in [0.1, 0.15) is 34.1 Å². The average molecular weight is 310 g/mol. The molecule has 0 N–H and O–H groups in total. The summed E-state index contributed by atoms with van der Waals surface area (Å²) in [5.41, 5.74) is 3.80. The Balaban J connectivity index is 2.51. The molecular formula is C17H27NS2. The first-order valence-electron chi connectivity index (χ1n) is 6.93. The fourth-order valence-electron chi connectivity index (χ4n) is 1.89. The SMILES string of the molecule is C=C(S/C=C(\C)C(=C)CC(C)(C)C)C(=C)N1CCSC1. The van der Waals surface area contributed by atoms with Crippen LogP contribution in [0.15, 0.2) is 46.9 Å². The van der Waals surface area contributed by atoms with Gasteiger partial charge in [0.2, 0.25) is 0 Å². The Morgan fingerprint density at radius 3 is 2.45 bits per heavy atom. The van der Waals surface area contributed by atoms with E-state index in [0.717, 1.165) is 29.4 Å². The molecular weight excluding hydrogens is 282 g/mol. The molecule has 0 spiro atoms. The van der Waals surface area contributed by atoms with Gasteiger partial charge in [-0.05, 0) is 29.7 Å². The van der Waals surface area contributed by atoms with Gasteiger partial charge in [-0.25, -0.2) is 0 Å². The molecule has 0 radical (unpaired) electrons. The molecule has 0 unspecified atom stereocenters. The second-order valence-corrected chi connectivity index (χ2v) is 8.47. The van der Waals surface area contributed by atoms with E-state index in [4.69, 9.17) is 0 Å². The van der Waals surface area contributed by atoms with Crippen molar-refractivity contribution in [2.45, 2.75) is 34.1 Å². The van der Waals surface area contributed by atoms with Gasteiger partial charge in [0.05, 0.1) is 5.88 Å². The molecule has 1 aliphatic rings. The second kappa shape index (κ2) is 7.46. The first-order chi connectivity index (χ1) is 9.20. The van der Waals surface area contributed by atoms with E-state index in [1.807, 2.05) is 11.8 Å². The quantitative estimate of drug-likeness (QED) is 0.584. The molecule has 1 saturated heterocycles. The van der Waals surface area contributed by atoms with Crippen LogP contribution in [0.25, 0.3) is 0 Å². The summed E-state index contributed by atoms with van der Waals surface area (Å²) in [6.45, 7) is 22.4. The standard InChI is InChI=1S/C17H27NS2/c1-13(10-17(5,6)7)14(2)11-20-16(4)15(3)18-8-9-19-12-18/h11H,1,3-4,8-10,12H2,2,5-7H3/b14-11+. The molecule has 1 heterocycles. The van der Waals surface area contributed by atoms with E-state index < -0.39 is 0 Å². The molecule has 20 heavy (non-hydrogen) atoms. The smallest absolute Gasteiger partial charge is 0.0640 e. The van der Waals surface area contributed by atoms with E-state index in [9.17, 15) is 0 Å². The van der Waals surface area contributed by atoms with E-state index in [-0.39, 0.29) is 5.41 Å². The first kappa shape index (κ1) is 17.5. The van der Waals surface area contributed by atoms with Crippen molar-refractivity contribution in [3.63, 3.8) is 0 Å². The molecule has 0 aliphatic carbocycles. The molecule has 0 aromatic carbocycles. The minimum Gasteiger partial charge on any atom is -0.361 e. The maximum Gasteiger partial charge on any atom is 0.0640 e. The van der Waals surface area contributed by atoms with Crippen molar-refractivity contribution in [1.82, 2.24) is 4.90 Å². The molecule has 0 aromatic rings. The van der Waals surface area contributed by atoms with E-state index in [0.29, 0.717) is 0 Å². The molecule has 112 valence electrons. The normalized spacial score (nSPS) is 16.4. The Morgan fingerprint density at radius 2 is 1.95 bits per heavy atom. The van der Waals surface area contributed by atoms with Crippen molar-refractivity contribution in [1.29, 1.82) is 0 Å². The fourth-order valence-corrected chi connectivity index (χ4v) is 3.63. The summed E-state index contributed by atoms with van der Waals surface area (Å²) in [6, 6.07) is 0. The average Bonchev–Trinajstić information content (AvgIpc) is 2.86. The van der Waals surface area contributed by atoms with Crippen LogP contribution in [0.3, 0.4) is 0 Å². The van der Waals surface area contributed by atoms with Gasteiger partial charge >= 0.3 is 0 Å².